The fourth-order valence-corrected chi connectivity index (χ4v) is 5.24. The van der Waals surface area contributed by atoms with Gasteiger partial charge in [0.1, 0.15) is 39.8 Å². The van der Waals surface area contributed by atoms with Crippen LogP contribution < -0.4 is 9.13 Å². The summed E-state index contributed by atoms with van der Waals surface area (Å²) in [7, 11) is 3.99. The lowest BCUT2D eigenvalue weighted by Crippen LogP contribution is -2.50. The quantitative estimate of drug-likeness (QED) is 0.330. The number of aryl methyl sites for hydroxylation is 2. The van der Waals surface area contributed by atoms with Crippen LogP contribution in [0.25, 0.3) is 0 Å². The van der Waals surface area contributed by atoms with Crippen LogP contribution in [0.15, 0.2) is 48.8 Å². The van der Waals surface area contributed by atoms with Gasteiger partial charge in [0.25, 0.3) is 0 Å². The number of quaternary nitrogens is 2. The van der Waals surface area contributed by atoms with Crippen LogP contribution in [0.5, 0.6) is 0 Å². The van der Waals surface area contributed by atoms with Gasteiger partial charge in [0, 0.05) is 56.4 Å². The minimum absolute atomic E-state index is 0.759. The Hall–Kier alpha value is -1.86. The molecule has 2 aliphatic heterocycles. The second-order valence-electron chi connectivity index (χ2n) is 9.30. The van der Waals surface area contributed by atoms with Crippen molar-refractivity contribution in [2.24, 2.45) is 7.05 Å². The van der Waals surface area contributed by atoms with Crippen molar-refractivity contribution in [2.75, 3.05) is 39.9 Å². The molecule has 2 fully saturated rings. The number of hydroxylamine groups is 6. The molecule has 0 atom stereocenters. The first-order chi connectivity index (χ1) is 15.1. The number of aromatic nitrogens is 2. The van der Waals surface area contributed by atoms with Crippen LogP contribution in [-0.2, 0) is 36.4 Å². The van der Waals surface area contributed by atoms with Crippen LogP contribution in [0.3, 0.4) is 0 Å². The zero-order valence-electron chi connectivity index (χ0n) is 19.4. The molecule has 0 spiro atoms. The lowest BCUT2D eigenvalue weighted by atomic mass is 10.3. The molecule has 0 bridgehead atoms. The van der Waals surface area contributed by atoms with Gasteiger partial charge in [0.05, 0.1) is 7.11 Å². The number of nitrogens with zero attached hydrogens (tertiary/aromatic N) is 4. The first kappa shape index (κ1) is 22.3. The van der Waals surface area contributed by atoms with Crippen LogP contribution in [0, 0.1) is 0 Å². The third kappa shape index (κ3) is 5.50. The second kappa shape index (κ2) is 10.2. The lowest BCUT2D eigenvalue weighted by molar-refractivity contribution is -1.11. The highest BCUT2D eigenvalue weighted by atomic mass is 16.7. The molecule has 0 saturated carbocycles. The van der Waals surface area contributed by atoms with E-state index < -0.39 is 0 Å². The Kier molecular flexibility index (Phi) is 7.33. The van der Waals surface area contributed by atoms with Crippen molar-refractivity contribution in [1.82, 2.24) is 0 Å². The molecular weight excluding hydrogens is 388 g/mol. The molecule has 0 N–H and O–H groups in total. The molecule has 6 heteroatoms. The summed E-state index contributed by atoms with van der Waals surface area (Å²) in [4.78, 5) is 12.5. The highest BCUT2D eigenvalue weighted by Gasteiger charge is 2.38. The van der Waals surface area contributed by atoms with Gasteiger partial charge in [-0.15, -0.1) is 0 Å². The maximum atomic E-state index is 6.57. The van der Waals surface area contributed by atoms with E-state index in [1.807, 2.05) is 7.11 Å². The molecule has 0 radical (unpaired) electrons. The number of hydrogen-bond acceptors (Lipinski definition) is 2. The third-order valence-corrected chi connectivity index (χ3v) is 7.16. The van der Waals surface area contributed by atoms with Crippen LogP contribution >= 0.6 is 0 Å². The summed E-state index contributed by atoms with van der Waals surface area (Å²) in [6.07, 6.45) is 10.4. The predicted molar refractivity (Wildman–Crippen MR) is 118 cm³/mol. The Bertz CT molecular complexity index is 845. The van der Waals surface area contributed by atoms with E-state index in [1.54, 1.807) is 0 Å². The normalized spacial score (nSPS) is 19.7. The van der Waals surface area contributed by atoms with Crippen molar-refractivity contribution in [1.29, 1.82) is 0 Å². The van der Waals surface area contributed by atoms with E-state index in [0.29, 0.717) is 0 Å². The molecule has 4 rings (SSSR count). The highest BCUT2D eigenvalue weighted by molar-refractivity contribution is 4.96. The summed E-state index contributed by atoms with van der Waals surface area (Å²) in [6.45, 7) is 8.15. The smallest absolute Gasteiger partial charge is 0.206 e. The van der Waals surface area contributed by atoms with Crippen LogP contribution in [0.4, 0.5) is 0 Å². The van der Waals surface area contributed by atoms with Crippen molar-refractivity contribution in [3.8, 4) is 0 Å². The first-order valence-electron chi connectivity index (χ1n) is 12.0. The zero-order valence-corrected chi connectivity index (χ0v) is 19.4. The van der Waals surface area contributed by atoms with Crippen molar-refractivity contribution >= 4 is 0 Å². The van der Waals surface area contributed by atoms with Crippen molar-refractivity contribution < 1.29 is 28.1 Å². The van der Waals surface area contributed by atoms with Gasteiger partial charge < -0.3 is 0 Å². The van der Waals surface area contributed by atoms with Crippen LogP contribution in [0.2, 0.25) is 0 Å². The molecule has 0 aliphatic carbocycles. The maximum Gasteiger partial charge on any atom is 0.239 e. The Morgan fingerprint density at radius 1 is 0.806 bits per heavy atom. The van der Waals surface area contributed by atoms with E-state index in [2.05, 4.69) is 65.0 Å². The number of hydrogen-bond donors (Lipinski definition) is 0. The number of pyridine rings is 2. The molecule has 0 aromatic carbocycles. The number of rotatable bonds is 10. The lowest BCUT2D eigenvalue weighted by Gasteiger charge is -2.30. The van der Waals surface area contributed by atoms with E-state index in [0.717, 1.165) is 68.1 Å². The molecule has 2 aliphatic rings. The molecule has 2 saturated heterocycles. The molecule has 31 heavy (non-hydrogen) atoms. The molecule has 6 nitrogen and oxygen atoms in total. The maximum absolute atomic E-state index is 6.57. The van der Waals surface area contributed by atoms with Gasteiger partial charge in [0.15, 0.2) is 32.0 Å². The van der Waals surface area contributed by atoms with Crippen molar-refractivity contribution in [3.05, 3.63) is 60.2 Å². The second-order valence-corrected chi connectivity index (χ2v) is 9.30. The van der Waals surface area contributed by atoms with Crippen molar-refractivity contribution in [3.63, 3.8) is 0 Å². The summed E-state index contributed by atoms with van der Waals surface area (Å²) in [6, 6.07) is 13.0. The average Bonchev–Trinajstić information content (AvgIpc) is 3.45. The summed E-state index contributed by atoms with van der Waals surface area (Å²) < 4.78 is 6.15. The molecule has 0 amide bonds. The summed E-state index contributed by atoms with van der Waals surface area (Å²) >= 11 is 0. The van der Waals surface area contributed by atoms with Gasteiger partial charge in [0.2, 0.25) is 11.4 Å². The van der Waals surface area contributed by atoms with Gasteiger partial charge in [-0.1, -0.05) is 0 Å². The van der Waals surface area contributed by atoms with Gasteiger partial charge in [-0.05, 0) is 12.1 Å². The summed E-state index contributed by atoms with van der Waals surface area (Å²) in [5.74, 6) is 0. The number of likely N-dealkylation sites (tertiary alicyclic amines) is 2. The average molecular weight is 429 g/mol. The first-order valence-corrected chi connectivity index (χ1v) is 12.0. The Labute approximate surface area is 187 Å². The SMILES string of the molecule is CO[N+]1(Cc2cccc[n+]2CCCO[N+]2(Cc3cccc[n+]3C)CCCC2)CCCC1. The van der Waals surface area contributed by atoms with Gasteiger partial charge in [-0.3, -0.25) is 0 Å². The Morgan fingerprint density at radius 2 is 1.42 bits per heavy atom. The largest absolute Gasteiger partial charge is 0.239 e. The van der Waals surface area contributed by atoms with E-state index in [4.69, 9.17) is 9.68 Å². The summed E-state index contributed by atoms with van der Waals surface area (Å²) in [5.41, 5.74) is 2.69. The van der Waals surface area contributed by atoms with Gasteiger partial charge >= 0.3 is 0 Å². The van der Waals surface area contributed by atoms with E-state index >= 15 is 0 Å². The Morgan fingerprint density at radius 3 is 2.10 bits per heavy atom. The van der Waals surface area contributed by atoms with Crippen molar-refractivity contribution in [2.45, 2.75) is 51.7 Å². The van der Waals surface area contributed by atoms with E-state index in [-0.39, 0.29) is 0 Å². The molecule has 168 valence electrons. The fourth-order valence-electron chi connectivity index (χ4n) is 5.24. The topological polar surface area (TPSA) is 26.2 Å². The molecule has 2 aromatic rings. The van der Waals surface area contributed by atoms with Gasteiger partial charge in [-0.2, -0.15) is 13.9 Å². The molecular formula is C25H40N4O2+4. The van der Waals surface area contributed by atoms with Gasteiger partial charge in [-0.25, -0.2) is 14.2 Å². The zero-order chi connectivity index (χ0) is 21.6. The summed E-state index contributed by atoms with van der Waals surface area (Å²) in [5, 5.41) is 0. The van der Waals surface area contributed by atoms with Crippen LogP contribution in [-0.4, -0.2) is 49.2 Å². The molecule has 2 aromatic heterocycles. The van der Waals surface area contributed by atoms with E-state index in [9.17, 15) is 0 Å². The Balaban J connectivity index is 1.34. The predicted octanol–water partition coefficient (Wildman–Crippen LogP) is 2.60. The monoisotopic (exact) mass is 428 g/mol. The van der Waals surface area contributed by atoms with E-state index in [1.165, 1.54) is 37.1 Å². The minimum atomic E-state index is 0.759. The van der Waals surface area contributed by atoms with Crippen LogP contribution in [0.1, 0.15) is 43.5 Å². The standard InChI is InChI=1S/C25H40N4O2/c1-26-14-5-3-12-24(26)22-29(19-9-10-20-29)31-21-11-16-27-15-6-4-13-25(27)23-28(30-2)17-7-8-18-28/h3-6,12-15H,7-11,16-23H2,1-2H3/q+4. The minimum Gasteiger partial charge on any atom is -0.206 e. The molecule has 0 unspecified atom stereocenters. The highest BCUT2D eigenvalue weighted by Crippen LogP contribution is 2.24. The third-order valence-electron chi connectivity index (χ3n) is 7.16. The fraction of sp³-hybridized carbons (Fsp3) is 0.600. The molecule has 4 heterocycles.